The van der Waals surface area contributed by atoms with Crippen molar-refractivity contribution in [2.45, 2.75) is 25.9 Å². The number of amides is 3. The summed E-state index contributed by atoms with van der Waals surface area (Å²) in [4.78, 5) is 38.4. The van der Waals surface area contributed by atoms with E-state index in [4.69, 9.17) is 8.83 Å². The van der Waals surface area contributed by atoms with E-state index in [1.165, 1.54) is 25.3 Å². The lowest BCUT2D eigenvalue weighted by atomic mass is 9.95. The first-order valence-corrected chi connectivity index (χ1v) is 8.53. The van der Waals surface area contributed by atoms with E-state index in [2.05, 4.69) is 9.97 Å². The van der Waals surface area contributed by atoms with Crippen LogP contribution in [0.4, 0.5) is 4.79 Å². The van der Waals surface area contributed by atoms with Crippen molar-refractivity contribution < 1.29 is 18.4 Å². The largest absolute Gasteiger partial charge is 0.451 e. The van der Waals surface area contributed by atoms with E-state index in [1.807, 2.05) is 0 Å². The molecule has 1 aliphatic heterocycles. The van der Waals surface area contributed by atoms with Gasteiger partial charge in [0.2, 0.25) is 5.91 Å². The summed E-state index contributed by atoms with van der Waals surface area (Å²) in [6.07, 6.45) is 7.04. The molecule has 3 rings (SSSR count). The smallest absolute Gasteiger partial charge is 0.319 e. The molecule has 0 N–H and O–H groups in total. The van der Waals surface area contributed by atoms with Crippen molar-refractivity contribution in [1.82, 2.24) is 24.7 Å². The van der Waals surface area contributed by atoms with Gasteiger partial charge in [0, 0.05) is 33.1 Å². The van der Waals surface area contributed by atoms with Crippen molar-refractivity contribution >= 4 is 11.9 Å². The van der Waals surface area contributed by atoms with E-state index >= 15 is 0 Å². The van der Waals surface area contributed by atoms with Crippen LogP contribution in [0.3, 0.4) is 0 Å². The van der Waals surface area contributed by atoms with Crippen molar-refractivity contribution in [3.63, 3.8) is 0 Å². The summed E-state index contributed by atoms with van der Waals surface area (Å²) in [6.45, 7) is 1.85. The first-order chi connectivity index (χ1) is 12.5. The minimum Gasteiger partial charge on any atom is -0.451 e. The fourth-order valence-corrected chi connectivity index (χ4v) is 3.09. The Balaban J connectivity index is 1.64. The van der Waals surface area contributed by atoms with Crippen LogP contribution in [-0.2, 0) is 17.9 Å². The molecule has 2 aromatic heterocycles. The molecule has 0 spiro atoms. The highest BCUT2D eigenvalue weighted by Crippen LogP contribution is 2.22. The molecule has 0 aliphatic carbocycles. The molecule has 1 fully saturated rings. The van der Waals surface area contributed by atoms with E-state index in [-0.39, 0.29) is 17.9 Å². The predicted octanol–water partition coefficient (Wildman–Crippen LogP) is 1.58. The normalized spacial score (nSPS) is 15.1. The molecule has 9 heteroatoms. The second kappa shape index (κ2) is 8.03. The number of likely N-dealkylation sites (tertiary alicyclic amines) is 1. The third-order valence-corrected chi connectivity index (χ3v) is 4.48. The minimum absolute atomic E-state index is 0.0158. The highest BCUT2D eigenvalue weighted by molar-refractivity contribution is 5.79. The zero-order chi connectivity index (χ0) is 18.5. The lowest BCUT2D eigenvalue weighted by Crippen LogP contribution is -2.47. The molecule has 9 nitrogen and oxygen atoms in total. The third-order valence-electron chi connectivity index (χ3n) is 4.48. The molecule has 3 amide bonds. The van der Waals surface area contributed by atoms with Crippen molar-refractivity contribution in [2.75, 3.05) is 27.2 Å². The van der Waals surface area contributed by atoms with Gasteiger partial charge >= 0.3 is 6.03 Å². The summed E-state index contributed by atoms with van der Waals surface area (Å²) >= 11 is 0. The fourth-order valence-electron chi connectivity index (χ4n) is 3.09. The van der Waals surface area contributed by atoms with Crippen molar-refractivity contribution in [2.24, 2.45) is 5.92 Å². The van der Waals surface area contributed by atoms with E-state index in [0.717, 1.165) is 0 Å². The van der Waals surface area contributed by atoms with Crippen LogP contribution in [0.25, 0.3) is 0 Å². The Kier molecular flexibility index (Phi) is 5.55. The van der Waals surface area contributed by atoms with E-state index in [0.29, 0.717) is 50.4 Å². The number of rotatable bonds is 5. The van der Waals surface area contributed by atoms with Gasteiger partial charge in [0.05, 0.1) is 24.5 Å². The molecule has 1 aliphatic rings. The third kappa shape index (κ3) is 4.22. The second-order valence-electron chi connectivity index (χ2n) is 6.59. The van der Waals surface area contributed by atoms with Gasteiger partial charge in [-0.1, -0.05) is 0 Å². The highest BCUT2D eigenvalue weighted by atomic mass is 16.3. The number of hydrogen-bond donors (Lipinski definition) is 0. The Morgan fingerprint density at radius 1 is 1.08 bits per heavy atom. The molecule has 140 valence electrons. The van der Waals surface area contributed by atoms with Gasteiger partial charge in [0.15, 0.2) is 12.8 Å². The number of piperidine rings is 1. The van der Waals surface area contributed by atoms with Crippen LogP contribution in [0.15, 0.2) is 34.1 Å². The second-order valence-corrected chi connectivity index (χ2v) is 6.59. The molecule has 3 heterocycles. The minimum atomic E-state index is -0.125. The van der Waals surface area contributed by atoms with E-state index in [9.17, 15) is 9.59 Å². The quantitative estimate of drug-likeness (QED) is 0.802. The first-order valence-electron chi connectivity index (χ1n) is 8.53. The van der Waals surface area contributed by atoms with Gasteiger partial charge in [-0.25, -0.2) is 14.8 Å². The average Bonchev–Trinajstić information content (AvgIpc) is 3.34. The lowest BCUT2D eigenvalue weighted by molar-refractivity contribution is -0.138. The molecule has 26 heavy (non-hydrogen) atoms. The zero-order valence-electron chi connectivity index (χ0n) is 15.0. The molecule has 0 radical (unpaired) electrons. The maximum absolute atomic E-state index is 13.1. The molecule has 0 bridgehead atoms. The fraction of sp³-hybridized carbons (Fsp3) is 0.529. The van der Waals surface area contributed by atoms with Gasteiger partial charge in [-0.05, 0) is 12.8 Å². The van der Waals surface area contributed by atoms with Crippen LogP contribution in [0.1, 0.15) is 24.2 Å². The van der Waals surface area contributed by atoms with Crippen molar-refractivity contribution in [1.29, 1.82) is 0 Å². The van der Waals surface area contributed by atoms with Crippen LogP contribution >= 0.6 is 0 Å². The standard InChI is InChI=1S/C17H23N5O4/c1-20(2)17(24)21-5-3-13(4-6-21)16(23)22(7-14-9-25-11-18-14)8-15-10-26-12-19-15/h9-13H,3-8H2,1-2H3. The molecule has 0 aromatic carbocycles. The summed E-state index contributed by atoms with van der Waals surface area (Å²) in [6, 6.07) is -0.0158. The highest BCUT2D eigenvalue weighted by Gasteiger charge is 2.31. The summed E-state index contributed by atoms with van der Waals surface area (Å²) in [5.74, 6) is -0.0898. The van der Waals surface area contributed by atoms with E-state index < -0.39 is 0 Å². The Bertz CT molecular complexity index is 669. The number of urea groups is 1. The average molecular weight is 361 g/mol. The van der Waals surface area contributed by atoms with Crippen molar-refractivity contribution in [3.05, 3.63) is 36.7 Å². The molecular formula is C17H23N5O4. The monoisotopic (exact) mass is 361 g/mol. The number of aromatic nitrogens is 2. The number of nitrogens with zero attached hydrogens (tertiary/aromatic N) is 5. The number of oxazole rings is 2. The zero-order valence-corrected chi connectivity index (χ0v) is 15.0. The Morgan fingerprint density at radius 3 is 2.04 bits per heavy atom. The van der Waals surface area contributed by atoms with Gasteiger partial charge in [-0.3, -0.25) is 4.79 Å². The molecule has 0 unspecified atom stereocenters. The number of carbonyl (C=O) groups is 2. The molecular weight excluding hydrogens is 338 g/mol. The van der Waals surface area contributed by atoms with Gasteiger partial charge in [0.25, 0.3) is 0 Å². The predicted molar refractivity (Wildman–Crippen MR) is 90.6 cm³/mol. The molecule has 1 saturated heterocycles. The topological polar surface area (TPSA) is 95.9 Å². The lowest BCUT2D eigenvalue weighted by Gasteiger charge is -2.35. The van der Waals surface area contributed by atoms with Crippen LogP contribution in [0, 0.1) is 5.92 Å². The summed E-state index contributed by atoms with van der Waals surface area (Å²) in [5.41, 5.74) is 1.36. The van der Waals surface area contributed by atoms with Crippen LogP contribution in [0.2, 0.25) is 0 Å². The first kappa shape index (κ1) is 18.0. The maximum Gasteiger partial charge on any atom is 0.319 e. The SMILES string of the molecule is CN(C)C(=O)N1CCC(C(=O)N(Cc2cocn2)Cc2cocn2)CC1. The molecule has 0 saturated carbocycles. The van der Waals surface area contributed by atoms with Crippen LogP contribution in [0.5, 0.6) is 0 Å². The summed E-state index contributed by atoms with van der Waals surface area (Å²) in [7, 11) is 3.47. The van der Waals surface area contributed by atoms with Gasteiger partial charge in [0.1, 0.15) is 12.5 Å². The van der Waals surface area contributed by atoms with Crippen molar-refractivity contribution in [3.8, 4) is 0 Å². The number of hydrogen-bond acceptors (Lipinski definition) is 6. The Labute approximate surface area is 151 Å². The van der Waals surface area contributed by atoms with Gasteiger partial charge in [-0.2, -0.15) is 0 Å². The summed E-state index contributed by atoms with van der Waals surface area (Å²) < 4.78 is 10.0. The molecule has 0 atom stereocenters. The Hall–Kier alpha value is -2.84. The van der Waals surface area contributed by atoms with Crippen LogP contribution < -0.4 is 0 Å². The Morgan fingerprint density at radius 2 is 1.62 bits per heavy atom. The number of carbonyl (C=O) groups excluding carboxylic acids is 2. The van der Waals surface area contributed by atoms with E-state index in [1.54, 1.807) is 28.8 Å². The summed E-state index contributed by atoms with van der Waals surface area (Å²) in [5, 5.41) is 0. The van der Waals surface area contributed by atoms with Gasteiger partial charge < -0.3 is 23.5 Å². The van der Waals surface area contributed by atoms with Crippen LogP contribution in [-0.4, -0.2) is 63.8 Å². The van der Waals surface area contributed by atoms with Gasteiger partial charge in [-0.15, -0.1) is 0 Å². The molecule has 2 aromatic rings. The maximum atomic E-state index is 13.1.